The first kappa shape index (κ1) is 35.1. The summed E-state index contributed by atoms with van der Waals surface area (Å²) in [7, 11) is 3.19. The van der Waals surface area contributed by atoms with E-state index in [1.165, 1.54) is 9.80 Å². The summed E-state index contributed by atoms with van der Waals surface area (Å²) in [6, 6.07) is 13.2. The van der Waals surface area contributed by atoms with E-state index in [0.717, 1.165) is 11.1 Å². The maximum Gasteiger partial charge on any atom is 0.245 e. The second-order valence-corrected chi connectivity index (χ2v) is 12.6. The van der Waals surface area contributed by atoms with E-state index >= 15 is 0 Å². The SMILES string of the molecule is C=C=CCOc1ccc(C[C@@H]2NC(=O)[C@H](CC(C)C)N(C)C(=O)[C@H](Cc3ccccc3)NC(=O)[C@H](CC(C)C)N(C)C2=O)cc1. The lowest BCUT2D eigenvalue weighted by Crippen LogP contribution is -2.62. The predicted molar refractivity (Wildman–Crippen MR) is 175 cm³/mol. The van der Waals surface area contributed by atoms with Gasteiger partial charge in [0.2, 0.25) is 23.6 Å². The van der Waals surface area contributed by atoms with Crippen LogP contribution in [-0.4, -0.2) is 78.3 Å². The first-order chi connectivity index (χ1) is 21.4. The highest BCUT2D eigenvalue weighted by molar-refractivity contribution is 5.97. The van der Waals surface area contributed by atoms with Crippen molar-refractivity contribution in [3.63, 3.8) is 0 Å². The number of carbonyl (C=O) groups excluding carboxylic acids is 4. The molecule has 1 heterocycles. The molecule has 2 N–H and O–H groups in total. The van der Waals surface area contributed by atoms with Gasteiger partial charge in [0.1, 0.15) is 36.5 Å². The van der Waals surface area contributed by atoms with Gasteiger partial charge in [0.05, 0.1) is 0 Å². The van der Waals surface area contributed by atoms with Gasteiger partial charge in [0.25, 0.3) is 0 Å². The van der Waals surface area contributed by atoms with Gasteiger partial charge in [-0.3, -0.25) is 19.2 Å². The molecule has 4 atom stereocenters. The van der Waals surface area contributed by atoms with Crippen molar-refractivity contribution in [3.8, 4) is 5.75 Å². The Morgan fingerprint density at radius 1 is 0.756 bits per heavy atom. The summed E-state index contributed by atoms with van der Waals surface area (Å²) in [4.78, 5) is 58.9. The maximum atomic E-state index is 14.1. The highest BCUT2D eigenvalue weighted by Crippen LogP contribution is 2.20. The van der Waals surface area contributed by atoms with Gasteiger partial charge in [0, 0.05) is 26.9 Å². The lowest BCUT2D eigenvalue weighted by molar-refractivity contribution is -0.148. The van der Waals surface area contributed by atoms with E-state index in [4.69, 9.17) is 4.74 Å². The number of hydrogen-bond donors (Lipinski definition) is 2. The molecule has 1 aliphatic rings. The second kappa shape index (κ2) is 16.6. The van der Waals surface area contributed by atoms with E-state index in [9.17, 15) is 19.2 Å². The van der Waals surface area contributed by atoms with E-state index < -0.39 is 36.0 Å². The number of ether oxygens (including phenoxy) is 1. The lowest BCUT2D eigenvalue weighted by atomic mass is 9.96. The minimum atomic E-state index is -0.960. The van der Waals surface area contributed by atoms with Gasteiger partial charge in [-0.25, -0.2) is 0 Å². The number of amides is 4. The van der Waals surface area contributed by atoms with Crippen LogP contribution < -0.4 is 15.4 Å². The van der Waals surface area contributed by atoms with Crippen molar-refractivity contribution in [2.45, 2.75) is 77.5 Å². The van der Waals surface area contributed by atoms with Crippen LogP contribution in [0.3, 0.4) is 0 Å². The van der Waals surface area contributed by atoms with Crippen LogP contribution in [-0.2, 0) is 32.0 Å². The van der Waals surface area contributed by atoms with Crippen molar-refractivity contribution in [2.24, 2.45) is 11.8 Å². The fourth-order valence-electron chi connectivity index (χ4n) is 5.51. The van der Waals surface area contributed by atoms with Gasteiger partial charge in [-0.05, 0) is 54.0 Å². The zero-order valence-electron chi connectivity index (χ0n) is 27.4. The van der Waals surface area contributed by atoms with Crippen LogP contribution in [0.2, 0.25) is 0 Å². The van der Waals surface area contributed by atoms with E-state index in [0.29, 0.717) is 25.2 Å². The zero-order valence-corrected chi connectivity index (χ0v) is 27.4. The number of nitrogens with zero attached hydrogens (tertiary/aromatic N) is 2. The largest absolute Gasteiger partial charge is 0.489 e. The van der Waals surface area contributed by atoms with Crippen molar-refractivity contribution in [1.82, 2.24) is 20.4 Å². The maximum absolute atomic E-state index is 14.1. The molecule has 9 heteroatoms. The quantitative estimate of drug-likeness (QED) is 0.372. The Labute approximate surface area is 267 Å². The van der Waals surface area contributed by atoms with Gasteiger partial charge in [-0.15, -0.1) is 5.73 Å². The van der Waals surface area contributed by atoms with Crippen molar-refractivity contribution in [1.29, 1.82) is 0 Å². The summed E-state index contributed by atoms with van der Waals surface area (Å²) in [6.45, 7) is 11.8. The molecule has 1 aliphatic heterocycles. The number of benzene rings is 2. The average Bonchev–Trinajstić information content (AvgIpc) is 3.01. The molecule has 242 valence electrons. The first-order valence-electron chi connectivity index (χ1n) is 15.6. The van der Waals surface area contributed by atoms with E-state index in [1.54, 1.807) is 32.3 Å². The van der Waals surface area contributed by atoms with Gasteiger partial charge >= 0.3 is 0 Å². The standard InChI is InChI=1S/C36H48N4O5/c1-8-9-19-45-28-17-15-27(16-18-28)23-30-36(44)40(7)31(20-24(2)3)33(41)37-29(22-26-13-11-10-12-14-26)35(43)39(6)32(21-25(4)5)34(42)38-30/h9-18,24-25,29-32H,1,19-23H2,2-7H3,(H,37,41)(H,38,42)/t29-,30-,31-,32-/m0/s1. The van der Waals surface area contributed by atoms with Crippen LogP contribution in [0, 0.1) is 11.8 Å². The van der Waals surface area contributed by atoms with Gasteiger partial charge in [0.15, 0.2) is 0 Å². The first-order valence-corrected chi connectivity index (χ1v) is 15.6. The Morgan fingerprint density at radius 2 is 1.20 bits per heavy atom. The van der Waals surface area contributed by atoms with Crippen LogP contribution >= 0.6 is 0 Å². The van der Waals surface area contributed by atoms with Crippen molar-refractivity contribution < 1.29 is 23.9 Å². The van der Waals surface area contributed by atoms with E-state index in [2.05, 4.69) is 22.9 Å². The molecule has 45 heavy (non-hydrogen) atoms. The van der Waals surface area contributed by atoms with Crippen LogP contribution in [0.1, 0.15) is 51.7 Å². The monoisotopic (exact) mass is 616 g/mol. The number of carbonyl (C=O) groups is 4. The molecule has 0 spiro atoms. The predicted octanol–water partition coefficient (Wildman–Crippen LogP) is 3.92. The molecule has 1 fully saturated rings. The molecular formula is C36H48N4O5. The summed E-state index contributed by atoms with van der Waals surface area (Å²) >= 11 is 0. The fourth-order valence-corrected chi connectivity index (χ4v) is 5.51. The molecule has 0 unspecified atom stereocenters. The Hall–Kier alpha value is -4.36. The third-order valence-electron chi connectivity index (χ3n) is 7.98. The van der Waals surface area contributed by atoms with Crippen LogP contribution in [0.15, 0.2) is 73.0 Å². The van der Waals surface area contributed by atoms with Gasteiger partial charge in [-0.1, -0.05) is 76.7 Å². The molecule has 4 amide bonds. The highest BCUT2D eigenvalue weighted by atomic mass is 16.5. The summed E-state index contributed by atoms with van der Waals surface area (Å²) < 4.78 is 5.64. The second-order valence-electron chi connectivity index (χ2n) is 12.6. The number of likely N-dealkylation sites (N-methyl/N-ethyl adjacent to an activating group) is 2. The summed E-state index contributed by atoms with van der Waals surface area (Å²) in [6.07, 6.45) is 2.90. The van der Waals surface area contributed by atoms with Crippen LogP contribution in [0.4, 0.5) is 0 Å². The fraction of sp³-hybridized carbons (Fsp3) is 0.472. The minimum Gasteiger partial charge on any atom is -0.489 e. The topological polar surface area (TPSA) is 108 Å². The lowest BCUT2D eigenvalue weighted by Gasteiger charge is -2.37. The molecule has 0 aliphatic carbocycles. The normalized spacial score (nSPS) is 21.5. The third-order valence-corrected chi connectivity index (χ3v) is 7.98. The molecule has 0 bridgehead atoms. The van der Waals surface area contributed by atoms with Crippen molar-refractivity contribution in [3.05, 3.63) is 84.1 Å². The Morgan fingerprint density at radius 3 is 1.62 bits per heavy atom. The Bertz CT molecular complexity index is 1340. The van der Waals surface area contributed by atoms with E-state index in [1.807, 2.05) is 70.2 Å². The number of rotatable bonds is 11. The van der Waals surface area contributed by atoms with Crippen LogP contribution in [0.25, 0.3) is 0 Å². The van der Waals surface area contributed by atoms with Crippen LogP contribution in [0.5, 0.6) is 5.75 Å². The van der Waals surface area contributed by atoms with Crippen molar-refractivity contribution in [2.75, 3.05) is 20.7 Å². The third kappa shape index (κ3) is 10.1. The molecule has 0 saturated carbocycles. The van der Waals surface area contributed by atoms with Crippen molar-refractivity contribution >= 4 is 23.6 Å². The molecule has 0 aromatic heterocycles. The Balaban J connectivity index is 2.02. The van der Waals surface area contributed by atoms with E-state index in [-0.39, 0.29) is 36.5 Å². The minimum absolute atomic E-state index is 0.0850. The Kier molecular flexibility index (Phi) is 13.0. The molecule has 3 rings (SSSR count). The highest BCUT2D eigenvalue weighted by Gasteiger charge is 2.39. The average molecular weight is 617 g/mol. The molecule has 0 radical (unpaired) electrons. The molecule has 9 nitrogen and oxygen atoms in total. The number of nitrogens with one attached hydrogen (secondary N) is 2. The summed E-state index contributed by atoms with van der Waals surface area (Å²) in [5, 5.41) is 5.94. The smallest absolute Gasteiger partial charge is 0.245 e. The summed E-state index contributed by atoms with van der Waals surface area (Å²) in [5.41, 5.74) is 4.34. The molecule has 2 aromatic rings. The number of hydrogen-bond acceptors (Lipinski definition) is 5. The van der Waals surface area contributed by atoms with Gasteiger partial charge < -0.3 is 25.2 Å². The summed E-state index contributed by atoms with van der Waals surface area (Å²) in [5.74, 6) is -0.727. The van der Waals surface area contributed by atoms with Gasteiger partial charge in [-0.2, -0.15) is 0 Å². The molecular weight excluding hydrogens is 568 g/mol. The molecule has 1 saturated heterocycles. The molecule has 2 aromatic carbocycles. The zero-order chi connectivity index (χ0) is 33.1.